The quantitative estimate of drug-likeness (QED) is 0.385. The standard InChI is InChI=1S/C16H14FIN6O3/c17-11-3-1-10(2-4-11)14(25)19-5-6-20-15(26)16-22-13(23-27-16)9-24-8-12(18)7-21-24/h1-4,7-8H,5-6,9H2,(H,19,25)(H,20,26). The topological polar surface area (TPSA) is 115 Å². The Bertz CT molecular complexity index is 940. The molecule has 2 N–H and O–H groups in total. The number of amides is 2. The number of hydrogen-bond acceptors (Lipinski definition) is 6. The minimum atomic E-state index is -0.542. The summed E-state index contributed by atoms with van der Waals surface area (Å²) in [5, 5.41) is 13.0. The molecular weight excluding hydrogens is 470 g/mol. The van der Waals surface area contributed by atoms with Crippen molar-refractivity contribution in [3.05, 3.63) is 63.3 Å². The van der Waals surface area contributed by atoms with Crippen molar-refractivity contribution in [3.63, 3.8) is 0 Å². The van der Waals surface area contributed by atoms with E-state index in [0.29, 0.717) is 11.4 Å². The van der Waals surface area contributed by atoms with Gasteiger partial charge in [-0.15, -0.1) is 0 Å². The van der Waals surface area contributed by atoms with Gasteiger partial charge in [0, 0.05) is 24.8 Å². The van der Waals surface area contributed by atoms with E-state index >= 15 is 0 Å². The van der Waals surface area contributed by atoms with Gasteiger partial charge in [-0.25, -0.2) is 4.39 Å². The van der Waals surface area contributed by atoms with E-state index < -0.39 is 11.7 Å². The number of nitrogens with zero attached hydrogens (tertiary/aromatic N) is 4. The molecule has 0 aliphatic heterocycles. The fraction of sp³-hybridized carbons (Fsp3) is 0.188. The monoisotopic (exact) mass is 484 g/mol. The van der Waals surface area contributed by atoms with Gasteiger partial charge in [-0.05, 0) is 46.9 Å². The first-order valence-corrected chi connectivity index (χ1v) is 8.91. The Kier molecular flexibility index (Phi) is 6.11. The van der Waals surface area contributed by atoms with Gasteiger partial charge in [0.25, 0.3) is 5.91 Å². The van der Waals surface area contributed by atoms with Gasteiger partial charge >= 0.3 is 11.8 Å². The van der Waals surface area contributed by atoms with Crippen molar-refractivity contribution in [2.45, 2.75) is 6.54 Å². The summed E-state index contributed by atoms with van der Waals surface area (Å²) in [4.78, 5) is 27.8. The molecule has 2 amide bonds. The summed E-state index contributed by atoms with van der Waals surface area (Å²) in [7, 11) is 0. The van der Waals surface area contributed by atoms with Gasteiger partial charge in [-0.3, -0.25) is 14.3 Å². The van der Waals surface area contributed by atoms with Crippen molar-refractivity contribution >= 4 is 34.4 Å². The molecule has 0 saturated heterocycles. The fourth-order valence-electron chi connectivity index (χ4n) is 2.11. The second-order valence-electron chi connectivity index (χ2n) is 5.39. The lowest BCUT2D eigenvalue weighted by atomic mass is 10.2. The number of hydrogen-bond donors (Lipinski definition) is 2. The summed E-state index contributed by atoms with van der Waals surface area (Å²) in [6.45, 7) is 0.642. The first-order valence-electron chi connectivity index (χ1n) is 7.84. The van der Waals surface area contributed by atoms with E-state index in [4.69, 9.17) is 4.52 Å². The molecule has 0 fully saturated rings. The Labute approximate surface area is 166 Å². The molecule has 1 aromatic carbocycles. The molecule has 0 bridgehead atoms. The van der Waals surface area contributed by atoms with Gasteiger partial charge in [0.05, 0.1) is 9.77 Å². The number of carbonyl (C=O) groups excluding carboxylic acids is 2. The Balaban J connectivity index is 1.43. The average molecular weight is 484 g/mol. The molecular formula is C16H14FIN6O3. The number of halogens is 2. The normalized spacial score (nSPS) is 10.6. The summed E-state index contributed by atoms with van der Waals surface area (Å²) in [6, 6.07) is 5.16. The van der Waals surface area contributed by atoms with Crippen LogP contribution < -0.4 is 10.6 Å². The van der Waals surface area contributed by atoms with Crippen LogP contribution in [-0.2, 0) is 6.54 Å². The minimum Gasteiger partial charge on any atom is -0.350 e. The molecule has 2 aromatic heterocycles. The van der Waals surface area contributed by atoms with Gasteiger partial charge in [-0.1, -0.05) is 5.16 Å². The molecule has 0 saturated carbocycles. The number of rotatable bonds is 7. The van der Waals surface area contributed by atoms with Crippen molar-refractivity contribution in [1.29, 1.82) is 0 Å². The molecule has 0 spiro atoms. The van der Waals surface area contributed by atoms with E-state index in [1.165, 1.54) is 24.3 Å². The zero-order valence-electron chi connectivity index (χ0n) is 13.9. The zero-order chi connectivity index (χ0) is 19.2. The SMILES string of the molecule is O=C(NCCNC(=O)c1nc(Cn2cc(I)cn2)no1)c1ccc(F)cc1. The van der Waals surface area contributed by atoms with Crippen LogP contribution in [0.15, 0.2) is 41.2 Å². The predicted molar refractivity (Wildman–Crippen MR) is 99.4 cm³/mol. The third kappa shape index (κ3) is 5.32. The molecule has 0 aliphatic rings. The molecule has 11 heteroatoms. The third-order valence-electron chi connectivity index (χ3n) is 3.37. The van der Waals surface area contributed by atoms with E-state index in [9.17, 15) is 14.0 Å². The van der Waals surface area contributed by atoms with Crippen molar-refractivity contribution < 1.29 is 18.5 Å². The van der Waals surface area contributed by atoms with Crippen molar-refractivity contribution in [1.82, 2.24) is 30.6 Å². The minimum absolute atomic E-state index is 0.167. The van der Waals surface area contributed by atoms with Crippen LogP contribution in [-0.4, -0.2) is 44.8 Å². The molecule has 0 unspecified atom stereocenters. The summed E-state index contributed by atoms with van der Waals surface area (Å²) in [5.74, 6) is -1.17. The van der Waals surface area contributed by atoms with E-state index in [0.717, 1.165) is 3.57 Å². The molecule has 27 heavy (non-hydrogen) atoms. The molecule has 3 aromatic rings. The van der Waals surface area contributed by atoms with Crippen molar-refractivity contribution in [2.75, 3.05) is 13.1 Å². The molecule has 0 radical (unpaired) electrons. The predicted octanol–water partition coefficient (Wildman–Crippen LogP) is 1.22. The number of benzene rings is 1. The molecule has 0 aliphatic carbocycles. The van der Waals surface area contributed by atoms with Crippen LogP contribution in [0.3, 0.4) is 0 Å². The van der Waals surface area contributed by atoms with Gasteiger partial charge in [0.1, 0.15) is 12.4 Å². The fourth-order valence-corrected chi connectivity index (χ4v) is 2.56. The summed E-state index contributed by atoms with van der Waals surface area (Å²) in [5.41, 5.74) is 0.331. The largest absolute Gasteiger partial charge is 0.350 e. The van der Waals surface area contributed by atoms with Crippen LogP contribution in [0.25, 0.3) is 0 Å². The van der Waals surface area contributed by atoms with Crippen molar-refractivity contribution in [2.24, 2.45) is 0 Å². The van der Waals surface area contributed by atoms with E-state index in [1.807, 2.05) is 0 Å². The highest BCUT2D eigenvalue weighted by Crippen LogP contribution is 2.04. The first kappa shape index (κ1) is 18.9. The molecule has 0 atom stereocenters. The molecule has 3 rings (SSSR count). The highest BCUT2D eigenvalue weighted by atomic mass is 127. The highest BCUT2D eigenvalue weighted by Gasteiger charge is 2.15. The molecule has 140 valence electrons. The Morgan fingerprint density at radius 3 is 2.52 bits per heavy atom. The van der Waals surface area contributed by atoms with Crippen LogP contribution in [0.1, 0.15) is 26.9 Å². The summed E-state index contributed by atoms with van der Waals surface area (Å²) < 4.78 is 20.3. The molecule has 9 nitrogen and oxygen atoms in total. The second-order valence-corrected chi connectivity index (χ2v) is 6.64. The number of nitrogens with one attached hydrogen (secondary N) is 2. The molecule has 2 heterocycles. The van der Waals surface area contributed by atoms with Crippen LogP contribution in [0.4, 0.5) is 4.39 Å². The average Bonchev–Trinajstić information content (AvgIpc) is 3.28. The van der Waals surface area contributed by atoms with Crippen molar-refractivity contribution in [3.8, 4) is 0 Å². The van der Waals surface area contributed by atoms with Crippen LogP contribution in [0, 0.1) is 9.39 Å². The number of carbonyl (C=O) groups is 2. The smallest absolute Gasteiger partial charge is 0.316 e. The Hall–Kier alpha value is -2.83. The number of aromatic nitrogens is 4. The maximum absolute atomic E-state index is 12.8. The first-order chi connectivity index (χ1) is 13.0. The van der Waals surface area contributed by atoms with E-state index in [1.54, 1.807) is 17.1 Å². The Morgan fingerprint density at radius 1 is 1.15 bits per heavy atom. The maximum atomic E-state index is 12.8. The third-order valence-corrected chi connectivity index (χ3v) is 3.93. The summed E-state index contributed by atoms with van der Waals surface area (Å²) in [6.07, 6.45) is 3.50. The lowest BCUT2D eigenvalue weighted by Crippen LogP contribution is -2.34. The van der Waals surface area contributed by atoms with Crippen LogP contribution in [0.5, 0.6) is 0 Å². The zero-order valence-corrected chi connectivity index (χ0v) is 16.0. The van der Waals surface area contributed by atoms with Gasteiger partial charge in [0.15, 0.2) is 5.82 Å². The lowest BCUT2D eigenvalue weighted by Gasteiger charge is -2.05. The Morgan fingerprint density at radius 2 is 1.85 bits per heavy atom. The van der Waals surface area contributed by atoms with Crippen LogP contribution >= 0.6 is 22.6 Å². The maximum Gasteiger partial charge on any atom is 0.316 e. The highest BCUT2D eigenvalue weighted by molar-refractivity contribution is 14.1. The van der Waals surface area contributed by atoms with E-state index in [-0.39, 0.29) is 31.4 Å². The van der Waals surface area contributed by atoms with E-state index in [2.05, 4.69) is 48.5 Å². The summed E-state index contributed by atoms with van der Waals surface area (Å²) >= 11 is 2.13. The second kappa shape index (κ2) is 8.70. The van der Waals surface area contributed by atoms with Crippen LogP contribution in [0.2, 0.25) is 0 Å². The lowest BCUT2D eigenvalue weighted by molar-refractivity contribution is 0.0898. The van der Waals surface area contributed by atoms with Gasteiger partial charge in [0.2, 0.25) is 0 Å². The van der Waals surface area contributed by atoms with Gasteiger partial charge in [-0.2, -0.15) is 10.1 Å². The van der Waals surface area contributed by atoms with Gasteiger partial charge < -0.3 is 15.2 Å².